The van der Waals surface area contributed by atoms with Crippen LogP contribution in [0.15, 0.2) is 34.8 Å². The molecular formula is C17H17BrN2O. The number of methoxy groups -OCH3 is 1. The minimum Gasteiger partial charge on any atom is -0.495 e. The van der Waals surface area contributed by atoms with Gasteiger partial charge in [0.1, 0.15) is 11.8 Å². The van der Waals surface area contributed by atoms with E-state index >= 15 is 0 Å². The number of hydrogen-bond acceptors (Lipinski definition) is 3. The third-order valence-electron chi connectivity index (χ3n) is 3.32. The van der Waals surface area contributed by atoms with Gasteiger partial charge < -0.3 is 10.1 Å². The Kier molecular flexibility index (Phi) is 4.87. The van der Waals surface area contributed by atoms with Crippen LogP contribution < -0.4 is 10.1 Å². The van der Waals surface area contributed by atoms with Crippen LogP contribution in [-0.2, 0) is 6.54 Å². The first-order valence-corrected chi connectivity index (χ1v) is 7.42. The average molecular weight is 345 g/mol. The molecule has 0 aliphatic heterocycles. The van der Waals surface area contributed by atoms with E-state index in [4.69, 9.17) is 10.00 Å². The van der Waals surface area contributed by atoms with Crippen LogP contribution in [0.2, 0.25) is 0 Å². The van der Waals surface area contributed by atoms with Crippen molar-refractivity contribution in [3.63, 3.8) is 0 Å². The molecule has 0 spiro atoms. The minimum absolute atomic E-state index is 0.552. The Hall–Kier alpha value is -1.99. The molecule has 0 amide bonds. The van der Waals surface area contributed by atoms with Crippen LogP contribution in [-0.4, -0.2) is 7.11 Å². The topological polar surface area (TPSA) is 45.0 Å². The van der Waals surface area contributed by atoms with Crippen LogP contribution in [0.1, 0.15) is 22.3 Å². The fraction of sp³-hybridized carbons (Fsp3) is 0.235. The fourth-order valence-corrected chi connectivity index (χ4v) is 2.42. The molecule has 0 aliphatic rings. The first-order valence-electron chi connectivity index (χ1n) is 6.62. The van der Waals surface area contributed by atoms with E-state index in [1.54, 1.807) is 13.2 Å². The van der Waals surface area contributed by atoms with Crippen molar-refractivity contribution in [2.75, 3.05) is 12.4 Å². The number of nitrogens with zero attached hydrogens (tertiary/aromatic N) is 1. The predicted octanol–water partition coefficient (Wildman–Crippen LogP) is 4.56. The fourth-order valence-electron chi connectivity index (χ4n) is 2.19. The van der Waals surface area contributed by atoms with Crippen LogP contribution in [0, 0.1) is 25.2 Å². The molecule has 3 nitrogen and oxygen atoms in total. The Morgan fingerprint density at radius 1 is 1.19 bits per heavy atom. The summed E-state index contributed by atoms with van der Waals surface area (Å²) in [6.07, 6.45) is 0. The maximum absolute atomic E-state index is 8.99. The van der Waals surface area contributed by atoms with Gasteiger partial charge in [-0.3, -0.25) is 0 Å². The highest BCUT2D eigenvalue weighted by molar-refractivity contribution is 9.10. The Morgan fingerprint density at radius 2 is 1.86 bits per heavy atom. The van der Waals surface area contributed by atoms with E-state index in [9.17, 15) is 0 Å². The van der Waals surface area contributed by atoms with E-state index in [0.29, 0.717) is 17.9 Å². The van der Waals surface area contributed by atoms with E-state index in [0.717, 1.165) is 15.7 Å². The molecule has 0 aliphatic carbocycles. The summed E-state index contributed by atoms with van der Waals surface area (Å²) in [6, 6.07) is 12.0. The van der Waals surface area contributed by atoms with Gasteiger partial charge in [0.05, 0.1) is 12.7 Å². The molecule has 0 radical (unpaired) electrons. The number of hydrogen-bond donors (Lipinski definition) is 1. The molecule has 21 heavy (non-hydrogen) atoms. The van der Waals surface area contributed by atoms with Gasteiger partial charge in [-0.05, 0) is 54.8 Å². The summed E-state index contributed by atoms with van der Waals surface area (Å²) >= 11 is 3.57. The van der Waals surface area contributed by atoms with E-state index in [1.807, 2.05) is 12.1 Å². The van der Waals surface area contributed by atoms with Gasteiger partial charge in [-0.15, -0.1) is 0 Å². The van der Waals surface area contributed by atoms with Crippen molar-refractivity contribution in [2.45, 2.75) is 20.4 Å². The molecule has 0 saturated carbocycles. The maximum atomic E-state index is 8.99. The number of nitrogens with one attached hydrogen (secondary N) is 1. The van der Waals surface area contributed by atoms with E-state index in [1.165, 1.54) is 11.1 Å². The van der Waals surface area contributed by atoms with Gasteiger partial charge >= 0.3 is 0 Å². The standard InChI is InChI=1S/C17H17BrN2O/c1-11-6-15(7-12(2)17(11)18)20-10-13-4-5-14(9-19)16(8-13)21-3/h4-8,20H,10H2,1-3H3. The molecule has 4 heteroatoms. The van der Waals surface area contributed by atoms with Crippen molar-refractivity contribution < 1.29 is 4.74 Å². The Bertz CT molecular complexity index is 681. The first kappa shape index (κ1) is 15.4. The molecular weight excluding hydrogens is 328 g/mol. The molecule has 2 rings (SSSR count). The van der Waals surface area contributed by atoms with Crippen LogP contribution in [0.25, 0.3) is 0 Å². The number of aryl methyl sites for hydroxylation is 2. The Balaban J connectivity index is 2.15. The third kappa shape index (κ3) is 3.56. The highest BCUT2D eigenvalue weighted by Crippen LogP contribution is 2.26. The second-order valence-electron chi connectivity index (χ2n) is 4.92. The summed E-state index contributed by atoms with van der Waals surface area (Å²) in [7, 11) is 1.58. The zero-order chi connectivity index (χ0) is 15.4. The quantitative estimate of drug-likeness (QED) is 0.884. The lowest BCUT2D eigenvalue weighted by Crippen LogP contribution is -2.01. The first-order chi connectivity index (χ1) is 10.0. The monoisotopic (exact) mass is 344 g/mol. The van der Waals surface area contributed by atoms with Crippen LogP contribution >= 0.6 is 15.9 Å². The van der Waals surface area contributed by atoms with Crippen molar-refractivity contribution in [1.82, 2.24) is 0 Å². The van der Waals surface area contributed by atoms with Crippen LogP contribution in [0.3, 0.4) is 0 Å². The number of ether oxygens (including phenoxy) is 1. The Morgan fingerprint density at radius 3 is 2.43 bits per heavy atom. The lowest BCUT2D eigenvalue weighted by Gasteiger charge is -2.12. The van der Waals surface area contributed by atoms with Crippen LogP contribution in [0.5, 0.6) is 5.75 Å². The molecule has 0 atom stereocenters. The van der Waals surface area contributed by atoms with E-state index < -0.39 is 0 Å². The maximum Gasteiger partial charge on any atom is 0.136 e. The summed E-state index contributed by atoms with van der Waals surface area (Å²) in [5.74, 6) is 0.611. The average Bonchev–Trinajstić information content (AvgIpc) is 2.50. The molecule has 0 fully saturated rings. The summed E-state index contributed by atoms with van der Waals surface area (Å²) in [4.78, 5) is 0. The predicted molar refractivity (Wildman–Crippen MR) is 88.7 cm³/mol. The van der Waals surface area contributed by atoms with E-state index in [-0.39, 0.29) is 0 Å². The zero-order valence-corrected chi connectivity index (χ0v) is 13.9. The largest absolute Gasteiger partial charge is 0.495 e. The zero-order valence-electron chi connectivity index (χ0n) is 12.3. The molecule has 0 saturated heterocycles. The van der Waals surface area contributed by atoms with Crippen molar-refractivity contribution in [2.24, 2.45) is 0 Å². The second kappa shape index (κ2) is 6.64. The SMILES string of the molecule is COc1cc(CNc2cc(C)c(Br)c(C)c2)ccc1C#N. The van der Waals surface area contributed by atoms with Gasteiger partial charge in [0.2, 0.25) is 0 Å². The van der Waals surface area contributed by atoms with Crippen molar-refractivity contribution >= 4 is 21.6 Å². The van der Waals surface area contributed by atoms with Gasteiger partial charge in [-0.25, -0.2) is 0 Å². The third-order valence-corrected chi connectivity index (χ3v) is 4.57. The number of nitriles is 1. The lowest BCUT2D eigenvalue weighted by atomic mass is 10.1. The van der Waals surface area contributed by atoms with E-state index in [2.05, 4.69) is 53.3 Å². The molecule has 0 aromatic heterocycles. The highest BCUT2D eigenvalue weighted by Gasteiger charge is 2.05. The van der Waals surface area contributed by atoms with Gasteiger partial charge in [-0.2, -0.15) is 5.26 Å². The lowest BCUT2D eigenvalue weighted by molar-refractivity contribution is 0.413. The summed E-state index contributed by atoms with van der Waals surface area (Å²) < 4.78 is 6.37. The van der Waals surface area contributed by atoms with Crippen LogP contribution in [0.4, 0.5) is 5.69 Å². The van der Waals surface area contributed by atoms with Crippen molar-refractivity contribution in [3.8, 4) is 11.8 Å². The van der Waals surface area contributed by atoms with Crippen molar-refractivity contribution in [1.29, 1.82) is 5.26 Å². The smallest absolute Gasteiger partial charge is 0.136 e. The summed E-state index contributed by atoms with van der Waals surface area (Å²) in [5.41, 5.74) is 5.11. The van der Waals surface area contributed by atoms with Gasteiger partial charge in [0, 0.05) is 16.7 Å². The summed E-state index contributed by atoms with van der Waals surface area (Å²) in [6.45, 7) is 4.84. The summed E-state index contributed by atoms with van der Waals surface area (Å²) in [5, 5.41) is 12.4. The normalized spacial score (nSPS) is 10.0. The van der Waals surface area contributed by atoms with Gasteiger partial charge in [0.25, 0.3) is 0 Å². The molecule has 2 aromatic carbocycles. The second-order valence-corrected chi connectivity index (χ2v) is 5.72. The number of anilines is 1. The molecule has 0 heterocycles. The highest BCUT2D eigenvalue weighted by atomic mass is 79.9. The number of halogens is 1. The number of rotatable bonds is 4. The Labute approximate surface area is 133 Å². The minimum atomic E-state index is 0.552. The molecule has 1 N–H and O–H groups in total. The van der Waals surface area contributed by atoms with Crippen molar-refractivity contribution in [3.05, 3.63) is 57.1 Å². The number of benzene rings is 2. The van der Waals surface area contributed by atoms with Gasteiger partial charge in [-0.1, -0.05) is 22.0 Å². The molecule has 2 aromatic rings. The molecule has 0 unspecified atom stereocenters. The molecule has 108 valence electrons. The molecule has 0 bridgehead atoms. The van der Waals surface area contributed by atoms with Gasteiger partial charge in [0.15, 0.2) is 0 Å².